The van der Waals surface area contributed by atoms with Gasteiger partial charge in [0.1, 0.15) is 17.0 Å². The molecule has 10 nitrogen and oxygen atoms in total. The van der Waals surface area contributed by atoms with E-state index in [0.29, 0.717) is 59.7 Å². The zero-order valence-corrected chi connectivity index (χ0v) is 23.7. The number of carboxylic acids is 1. The fourth-order valence-corrected chi connectivity index (χ4v) is 4.50. The summed E-state index contributed by atoms with van der Waals surface area (Å²) in [6.45, 7) is 2.31. The molecule has 1 fully saturated rings. The Kier molecular flexibility index (Phi) is 11.2. The number of amides is 2. The first-order valence-electron chi connectivity index (χ1n) is 13.9. The molecule has 1 saturated carbocycles. The predicted molar refractivity (Wildman–Crippen MR) is 166 cm³/mol. The molecule has 0 bridgehead atoms. The van der Waals surface area contributed by atoms with E-state index in [4.69, 9.17) is 19.3 Å². The zero-order chi connectivity index (χ0) is 31.3. The first-order valence-corrected chi connectivity index (χ1v) is 13.9. The van der Waals surface area contributed by atoms with E-state index >= 15 is 4.39 Å². The van der Waals surface area contributed by atoms with Gasteiger partial charge in [-0.05, 0) is 74.7 Å². The van der Waals surface area contributed by atoms with Crippen molar-refractivity contribution in [2.24, 2.45) is 5.41 Å². The molecule has 1 aromatic heterocycles. The number of carboxylic acid groups (broad SMARTS) is 1. The van der Waals surface area contributed by atoms with Crippen LogP contribution in [-0.2, 0) is 14.4 Å². The first-order chi connectivity index (χ1) is 21.2. The number of fused-ring (bicyclic) bond motifs is 1. The van der Waals surface area contributed by atoms with Crippen molar-refractivity contribution in [1.82, 2.24) is 4.98 Å². The van der Waals surface area contributed by atoms with Gasteiger partial charge in [0.15, 0.2) is 23.1 Å². The van der Waals surface area contributed by atoms with Gasteiger partial charge in [-0.2, -0.15) is 0 Å². The van der Waals surface area contributed by atoms with Gasteiger partial charge >= 0.3 is 43.7 Å². The van der Waals surface area contributed by atoms with Crippen LogP contribution < -0.4 is 24.8 Å². The van der Waals surface area contributed by atoms with Crippen LogP contribution in [0.2, 0.25) is 0 Å². The summed E-state index contributed by atoms with van der Waals surface area (Å²) in [5.41, 5.74) is -0.312. The Morgan fingerprint density at radius 3 is 2.18 bits per heavy atom. The molecule has 2 amide bonds. The minimum absolute atomic E-state index is 0. The van der Waals surface area contributed by atoms with Crippen LogP contribution in [0.25, 0.3) is 10.9 Å². The number of halogens is 2. The summed E-state index contributed by atoms with van der Waals surface area (Å²) in [4.78, 5) is 41.0. The Hall–Kier alpha value is -4.00. The molecule has 232 valence electrons. The Balaban J connectivity index is 0.00000461. The average Bonchev–Trinajstić information content (AvgIpc) is 3.81. The number of nitrogens with one attached hydrogen (secondary N) is 2. The van der Waals surface area contributed by atoms with Crippen LogP contribution in [0.15, 0.2) is 66.9 Å². The third-order valence-electron chi connectivity index (χ3n) is 6.99. The van der Waals surface area contributed by atoms with Gasteiger partial charge in [-0.1, -0.05) is 0 Å². The number of aromatic nitrogens is 1. The van der Waals surface area contributed by atoms with Crippen LogP contribution in [0, 0.1) is 17.0 Å². The van der Waals surface area contributed by atoms with Crippen molar-refractivity contribution in [3.63, 3.8) is 0 Å². The van der Waals surface area contributed by atoms with E-state index < -0.39 is 34.8 Å². The van der Waals surface area contributed by atoms with Gasteiger partial charge in [0.2, 0.25) is 11.8 Å². The summed E-state index contributed by atoms with van der Waals surface area (Å²) in [5.74, 6) is -2.26. The number of ether oxygens (including phenoxy) is 3. The predicted octanol–water partition coefficient (Wildman–Crippen LogP) is 5.39. The number of carbonyl (C=O) groups excluding carboxylic acids is 2. The van der Waals surface area contributed by atoms with Gasteiger partial charge in [0.25, 0.3) is 0 Å². The summed E-state index contributed by atoms with van der Waals surface area (Å²) in [6.07, 6.45) is 2.42. The molecule has 1 heterocycles. The van der Waals surface area contributed by atoms with Crippen LogP contribution in [0.4, 0.5) is 20.2 Å². The van der Waals surface area contributed by atoms with E-state index in [2.05, 4.69) is 15.6 Å². The van der Waals surface area contributed by atoms with Crippen molar-refractivity contribution in [3.05, 3.63) is 78.5 Å². The molecule has 0 saturated heterocycles. The summed E-state index contributed by atoms with van der Waals surface area (Å²) in [6, 6.07) is 14.0. The molecule has 5 rings (SSSR count). The maximum atomic E-state index is 15.2. The molecule has 3 N–H and O–H groups in total. The van der Waals surface area contributed by atoms with Gasteiger partial charge in [0, 0.05) is 41.5 Å². The number of hydrogen-bond acceptors (Lipinski definition) is 7. The van der Waals surface area contributed by atoms with Crippen LogP contribution in [0.5, 0.6) is 23.0 Å². The third-order valence-corrected chi connectivity index (χ3v) is 6.99. The van der Waals surface area contributed by atoms with Gasteiger partial charge in [-0.15, -0.1) is 0 Å². The molecule has 0 atom stereocenters. The maximum absolute atomic E-state index is 15.2. The molecule has 45 heavy (non-hydrogen) atoms. The molecule has 0 unspecified atom stereocenters. The van der Waals surface area contributed by atoms with Gasteiger partial charge in [0.05, 0.1) is 18.7 Å². The molecule has 0 aliphatic heterocycles. The fraction of sp³-hybridized carbons (Fsp3) is 0.250. The Labute approximate surface area is 287 Å². The summed E-state index contributed by atoms with van der Waals surface area (Å²) in [5, 5.41) is 14.6. The number of rotatable bonds is 13. The van der Waals surface area contributed by atoms with Crippen molar-refractivity contribution in [1.29, 1.82) is 0 Å². The van der Waals surface area contributed by atoms with Crippen molar-refractivity contribution in [3.8, 4) is 23.0 Å². The molecule has 3 aromatic carbocycles. The average molecular weight is 648 g/mol. The van der Waals surface area contributed by atoms with E-state index in [-0.39, 0.29) is 62.2 Å². The van der Waals surface area contributed by atoms with Crippen molar-refractivity contribution in [2.75, 3.05) is 23.8 Å². The number of nitrogens with zero attached hydrogens (tertiary/aromatic N) is 1. The van der Waals surface area contributed by atoms with Crippen molar-refractivity contribution in [2.45, 2.75) is 32.6 Å². The van der Waals surface area contributed by atoms with Gasteiger partial charge < -0.3 is 30.0 Å². The van der Waals surface area contributed by atoms with E-state index in [1.54, 1.807) is 25.1 Å². The second-order valence-electron chi connectivity index (χ2n) is 10.1. The number of pyridine rings is 1. The van der Waals surface area contributed by atoms with Gasteiger partial charge in [-0.3, -0.25) is 19.4 Å². The number of carbonyl (C=O) groups is 3. The zero-order valence-electron chi connectivity index (χ0n) is 23.7. The number of benzene rings is 3. The molecule has 1 aliphatic rings. The van der Waals surface area contributed by atoms with Crippen LogP contribution in [0.1, 0.15) is 32.6 Å². The SMILES string of the molecule is CCOc1cc2c(Oc3ccc(NC(=O)C4(C(=O)Nc5ccc(F)cc5)CC4)cc3F)ccnc2cc1OCCCC(=O)O.[CaH2]. The quantitative estimate of drug-likeness (QED) is 0.0999. The van der Waals surface area contributed by atoms with E-state index in [1.165, 1.54) is 42.6 Å². The standard InChI is InChI=1S/C32H29F2N3O7.Ca.2H/c1-2-42-27-17-22-24(18-28(27)43-15-3-4-29(38)39)35-14-11-25(22)44-26-10-9-21(16-23(26)34)37-31(41)32(12-13-32)30(40)36-20-7-5-19(33)6-8-20;;;/h5-11,14,16-18H,2-4,12-13,15H2,1H3,(H,36,40)(H,37,41)(H,38,39);;;. The third kappa shape index (κ3) is 8.19. The Morgan fingerprint density at radius 2 is 1.53 bits per heavy atom. The number of anilines is 2. The second-order valence-corrected chi connectivity index (χ2v) is 10.1. The second kappa shape index (κ2) is 14.9. The number of hydrogen-bond donors (Lipinski definition) is 3. The topological polar surface area (TPSA) is 136 Å². The minimum atomic E-state index is -1.30. The molecule has 4 aromatic rings. The van der Waals surface area contributed by atoms with Crippen molar-refractivity contribution >= 4 is 77.8 Å². The van der Waals surface area contributed by atoms with E-state index in [0.717, 1.165) is 6.07 Å². The van der Waals surface area contributed by atoms with E-state index in [1.807, 2.05) is 0 Å². The summed E-state index contributed by atoms with van der Waals surface area (Å²) >= 11 is 0. The van der Waals surface area contributed by atoms with Crippen molar-refractivity contribution < 1.29 is 42.5 Å². The molecule has 0 spiro atoms. The normalized spacial score (nSPS) is 12.9. The molecule has 0 radical (unpaired) electrons. The fourth-order valence-electron chi connectivity index (χ4n) is 4.50. The monoisotopic (exact) mass is 647 g/mol. The molecule has 13 heteroatoms. The summed E-state index contributed by atoms with van der Waals surface area (Å²) in [7, 11) is 0. The Bertz CT molecular complexity index is 1720. The Morgan fingerprint density at radius 1 is 0.867 bits per heavy atom. The molecule has 1 aliphatic carbocycles. The summed E-state index contributed by atoms with van der Waals surface area (Å²) < 4.78 is 45.7. The first kappa shape index (κ1) is 33.9. The molecular weight excluding hydrogens is 616 g/mol. The van der Waals surface area contributed by atoms with E-state index in [9.17, 15) is 18.8 Å². The van der Waals surface area contributed by atoms with Crippen LogP contribution in [0.3, 0.4) is 0 Å². The van der Waals surface area contributed by atoms with Crippen LogP contribution >= 0.6 is 0 Å². The molecular formula is C32H31CaF2N3O7. The van der Waals surface area contributed by atoms with Gasteiger partial charge in [-0.25, -0.2) is 8.78 Å². The van der Waals surface area contributed by atoms with Crippen LogP contribution in [-0.4, -0.2) is 78.8 Å². The number of aliphatic carboxylic acids is 1.